The Balaban J connectivity index is 1.59. The van der Waals surface area contributed by atoms with Crippen molar-refractivity contribution in [3.8, 4) is 0 Å². The molecular weight excluding hydrogens is 598 g/mol. The van der Waals surface area contributed by atoms with Crippen molar-refractivity contribution < 1.29 is 28.7 Å². The van der Waals surface area contributed by atoms with Crippen molar-refractivity contribution in [3.05, 3.63) is 88.6 Å². The number of carbonyl (C=O) groups excluding carboxylic acids is 4. The fourth-order valence-electron chi connectivity index (χ4n) is 6.71. The molecule has 47 heavy (non-hydrogen) atoms. The van der Waals surface area contributed by atoms with E-state index in [0.29, 0.717) is 28.1 Å². The van der Waals surface area contributed by atoms with Gasteiger partial charge in [-0.3, -0.25) is 4.90 Å². The maximum absolute atomic E-state index is 13.6. The lowest BCUT2D eigenvalue weighted by Crippen LogP contribution is -2.56. The molecule has 1 fully saturated rings. The predicted molar refractivity (Wildman–Crippen MR) is 178 cm³/mol. The van der Waals surface area contributed by atoms with Gasteiger partial charge in [0.15, 0.2) is 0 Å². The monoisotopic (exact) mass is 643 g/mol. The molecule has 5 rings (SSSR count). The van der Waals surface area contributed by atoms with Gasteiger partial charge in [-0.2, -0.15) is 0 Å². The van der Waals surface area contributed by atoms with Gasteiger partial charge in [-0.25, -0.2) is 19.2 Å². The Morgan fingerprint density at radius 2 is 1.32 bits per heavy atom. The molecule has 250 valence electrons. The molecule has 3 aliphatic rings. The molecule has 0 radical (unpaired) electrons. The highest BCUT2D eigenvalue weighted by Gasteiger charge is 2.38. The van der Waals surface area contributed by atoms with Gasteiger partial charge in [-0.15, -0.1) is 0 Å². The second kappa shape index (κ2) is 16.3. The van der Waals surface area contributed by atoms with Crippen LogP contribution in [0.3, 0.4) is 0 Å². The van der Waals surface area contributed by atoms with Gasteiger partial charge >= 0.3 is 24.0 Å². The van der Waals surface area contributed by atoms with Crippen molar-refractivity contribution in [2.45, 2.75) is 76.9 Å². The number of urea groups is 2. The summed E-state index contributed by atoms with van der Waals surface area (Å²) in [5.74, 6) is -1.04. The summed E-state index contributed by atoms with van der Waals surface area (Å²) in [5.41, 5.74) is 2.94. The summed E-state index contributed by atoms with van der Waals surface area (Å²) < 4.78 is 11.0. The highest BCUT2D eigenvalue weighted by Crippen LogP contribution is 2.31. The number of ether oxygens (including phenoxy) is 2. The van der Waals surface area contributed by atoms with Crippen molar-refractivity contribution in [2.75, 3.05) is 26.3 Å². The fourth-order valence-corrected chi connectivity index (χ4v) is 6.71. The first-order chi connectivity index (χ1) is 22.9. The lowest BCUT2D eigenvalue weighted by Gasteiger charge is -2.39. The SMILES string of the molecule is CCOC(=O)C1=C(CN(C[C@H]2NC(=O)NC(c3ccccc3)=C2C(=O)OCC)C2CCCCCCC2)NC(=O)N[C@H]1c1ccccc1. The first kappa shape index (κ1) is 33.7. The zero-order chi connectivity index (χ0) is 33.2. The third-order valence-electron chi connectivity index (χ3n) is 8.87. The molecule has 2 aromatic carbocycles. The summed E-state index contributed by atoms with van der Waals surface area (Å²) in [7, 11) is 0. The molecule has 11 heteroatoms. The Bertz CT molecular complexity index is 1480. The Kier molecular flexibility index (Phi) is 11.7. The van der Waals surface area contributed by atoms with E-state index in [0.717, 1.165) is 44.1 Å². The maximum atomic E-state index is 13.6. The highest BCUT2D eigenvalue weighted by molar-refractivity contribution is 6.04. The summed E-state index contributed by atoms with van der Waals surface area (Å²) in [6.07, 6.45) is 7.28. The first-order valence-corrected chi connectivity index (χ1v) is 16.7. The van der Waals surface area contributed by atoms with Crippen LogP contribution in [0.15, 0.2) is 77.5 Å². The van der Waals surface area contributed by atoms with Crippen LogP contribution in [-0.4, -0.2) is 67.3 Å². The van der Waals surface area contributed by atoms with E-state index in [-0.39, 0.29) is 32.3 Å². The van der Waals surface area contributed by atoms with Gasteiger partial charge in [0, 0.05) is 24.8 Å². The predicted octanol–water partition coefficient (Wildman–Crippen LogP) is 4.93. The summed E-state index contributed by atoms with van der Waals surface area (Å²) in [6.45, 7) is 4.30. The van der Waals surface area contributed by atoms with Crippen LogP contribution in [0.4, 0.5) is 9.59 Å². The molecule has 0 unspecified atom stereocenters. The van der Waals surface area contributed by atoms with E-state index in [1.54, 1.807) is 13.8 Å². The molecule has 11 nitrogen and oxygen atoms in total. The molecule has 4 N–H and O–H groups in total. The van der Waals surface area contributed by atoms with Gasteiger partial charge in [0.25, 0.3) is 0 Å². The molecule has 0 aromatic heterocycles. The number of nitrogens with one attached hydrogen (secondary N) is 4. The van der Waals surface area contributed by atoms with Crippen LogP contribution >= 0.6 is 0 Å². The zero-order valence-electron chi connectivity index (χ0n) is 27.2. The zero-order valence-corrected chi connectivity index (χ0v) is 27.2. The molecule has 2 aliphatic heterocycles. The molecule has 2 aromatic rings. The van der Waals surface area contributed by atoms with Crippen molar-refractivity contribution >= 4 is 29.7 Å². The minimum atomic E-state index is -0.725. The van der Waals surface area contributed by atoms with E-state index >= 15 is 0 Å². The minimum absolute atomic E-state index is 0.0728. The molecule has 0 saturated heterocycles. The molecule has 2 atom stereocenters. The van der Waals surface area contributed by atoms with Crippen LogP contribution in [0.25, 0.3) is 5.70 Å². The van der Waals surface area contributed by atoms with Gasteiger partial charge in [-0.05, 0) is 37.8 Å². The van der Waals surface area contributed by atoms with Gasteiger partial charge in [0.1, 0.15) is 0 Å². The Hall–Kier alpha value is -4.64. The fraction of sp³-hybridized carbons (Fsp3) is 0.444. The van der Waals surface area contributed by atoms with E-state index in [1.807, 2.05) is 60.7 Å². The molecule has 4 amide bonds. The smallest absolute Gasteiger partial charge is 0.338 e. The topological polar surface area (TPSA) is 138 Å². The first-order valence-electron chi connectivity index (χ1n) is 16.7. The molecule has 1 saturated carbocycles. The van der Waals surface area contributed by atoms with Gasteiger partial charge in [0.2, 0.25) is 0 Å². The highest BCUT2D eigenvalue weighted by atomic mass is 16.5. The minimum Gasteiger partial charge on any atom is -0.463 e. The number of hydrogen-bond donors (Lipinski definition) is 4. The van der Waals surface area contributed by atoms with E-state index < -0.39 is 36.1 Å². The van der Waals surface area contributed by atoms with Gasteiger partial charge in [-0.1, -0.05) is 92.8 Å². The quantitative estimate of drug-likeness (QED) is 0.255. The standard InChI is InChI=1S/C36H45N5O6/c1-3-46-33(42)29-27(37-35(44)39-31(29)24-16-10-8-11-17-24)22-41(26-20-14-6-5-7-15-21-26)23-28-30(34(43)47-4-2)32(40-36(45)38-28)25-18-12-9-13-19-25/h8-13,16-19,26-27,32H,3-7,14-15,20-23H2,1-2H3,(H2,37,39,44)(H2,38,40,45)/t27-,32+/m1/s1. The van der Waals surface area contributed by atoms with Crippen LogP contribution in [0, 0.1) is 0 Å². The molecule has 0 spiro atoms. The lowest BCUT2D eigenvalue weighted by atomic mass is 9.92. The van der Waals surface area contributed by atoms with Crippen LogP contribution in [0.5, 0.6) is 0 Å². The van der Waals surface area contributed by atoms with Crippen molar-refractivity contribution in [2.24, 2.45) is 0 Å². The summed E-state index contributed by atoms with van der Waals surface area (Å²) >= 11 is 0. The third-order valence-corrected chi connectivity index (χ3v) is 8.87. The third kappa shape index (κ3) is 8.40. The van der Waals surface area contributed by atoms with Crippen molar-refractivity contribution in [3.63, 3.8) is 0 Å². The van der Waals surface area contributed by atoms with Crippen LogP contribution in [0.2, 0.25) is 0 Å². The average molecular weight is 644 g/mol. The number of carbonyl (C=O) groups is 4. The van der Waals surface area contributed by atoms with E-state index in [4.69, 9.17) is 9.47 Å². The van der Waals surface area contributed by atoms with Gasteiger partial charge < -0.3 is 30.7 Å². The van der Waals surface area contributed by atoms with Crippen molar-refractivity contribution in [1.82, 2.24) is 26.2 Å². The second-order valence-corrected chi connectivity index (χ2v) is 12.0. The molecular formula is C36H45N5O6. The molecule has 1 aliphatic carbocycles. The largest absolute Gasteiger partial charge is 0.463 e. The normalized spacial score (nSPS) is 20.7. The average Bonchev–Trinajstić information content (AvgIpc) is 3.05. The molecule has 2 heterocycles. The summed E-state index contributed by atoms with van der Waals surface area (Å²) in [5, 5.41) is 11.7. The lowest BCUT2D eigenvalue weighted by molar-refractivity contribution is -0.139. The van der Waals surface area contributed by atoms with E-state index in [1.165, 1.54) is 6.42 Å². The number of nitrogens with zero attached hydrogens (tertiary/aromatic N) is 1. The van der Waals surface area contributed by atoms with E-state index in [2.05, 4.69) is 26.2 Å². The van der Waals surface area contributed by atoms with Crippen LogP contribution < -0.4 is 21.3 Å². The number of esters is 2. The number of rotatable bonds is 11. The number of benzene rings is 2. The van der Waals surface area contributed by atoms with Crippen LogP contribution in [0.1, 0.15) is 76.0 Å². The summed E-state index contributed by atoms with van der Waals surface area (Å²) in [6, 6.07) is 16.4. The Morgan fingerprint density at radius 3 is 1.96 bits per heavy atom. The van der Waals surface area contributed by atoms with Crippen LogP contribution in [-0.2, 0) is 19.1 Å². The Labute approximate surface area is 276 Å². The number of hydrogen-bond acceptors (Lipinski definition) is 7. The summed E-state index contributed by atoms with van der Waals surface area (Å²) in [4.78, 5) is 55.6. The van der Waals surface area contributed by atoms with E-state index in [9.17, 15) is 19.2 Å². The second-order valence-electron chi connectivity index (χ2n) is 12.0. The molecule has 0 bridgehead atoms. The van der Waals surface area contributed by atoms with Gasteiger partial charge in [0.05, 0.1) is 42.1 Å². The maximum Gasteiger partial charge on any atom is 0.338 e. The van der Waals surface area contributed by atoms with Crippen molar-refractivity contribution in [1.29, 1.82) is 0 Å². The number of amides is 4. The Morgan fingerprint density at radius 1 is 0.745 bits per heavy atom.